The maximum atomic E-state index is 8.42. The van der Waals surface area contributed by atoms with E-state index >= 15 is 0 Å². The summed E-state index contributed by atoms with van der Waals surface area (Å²) < 4.78 is 4.01. The van der Waals surface area contributed by atoms with E-state index in [1.165, 1.54) is 25.7 Å². The molecule has 5 nitrogen and oxygen atoms in total. The van der Waals surface area contributed by atoms with Gasteiger partial charge >= 0.3 is 0 Å². The highest BCUT2D eigenvalue weighted by atomic mass is 15.2. The number of fused-ring (bicyclic) bond motifs is 1. The van der Waals surface area contributed by atoms with Gasteiger partial charge in [-0.3, -0.25) is 5.41 Å². The summed E-state index contributed by atoms with van der Waals surface area (Å²) in [6, 6.07) is 10.7. The summed E-state index contributed by atoms with van der Waals surface area (Å²) in [5, 5.41) is 8.42. The molecular weight excluding hydrogens is 274 g/mol. The molecular formula is C17H19N5. The minimum Gasteiger partial charge on any atom is -0.312 e. The molecule has 0 saturated heterocycles. The molecule has 1 fully saturated rings. The Morgan fingerprint density at radius 2 is 1.82 bits per heavy atom. The molecule has 0 bridgehead atoms. The van der Waals surface area contributed by atoms with Gasteiger partial charge in [0.1, 0.15) is 5.52 Å². The number of rotatable bonds is 3. The van der Waals surface area contributed by atoms with Gasteiger partial charge in [0.15, 0.2) is 11.1 Å². The predicted molar refractivity (Wildman–Crippen MR) is 84.4 cm³/mol. The van der Waals surface area contributed by atoms with Crippen molar-refractivity contribution in [1.29, 1.82) is 5.41 Å². The van der Waals surface area contributed by atoms with Crippen LogP contribution in [-0.2, 0) is 6.54 Å². The Bertz CT molecular complexity index is 840. The van der Waals surface area contributed by atoms with Crippen LogP contribution in [-0.4, -0.2) is 19.1 Å². The number of hydrogen-bond acceptors (Lipinski definition) is 3. The van der Waals surface area contributed by atoms with Crippen LogP contribution >= 0.6 is 0 Å². The fourth-order valence-electron chi connectivity index (χ4n) is 3.32. The van der Waals surface area contributed by atoms with Gasteiger partial charge in [-0.15, -0.1) is 0 Å². The van der Waals surface area contributed by atoms with Gasteiger partial charge in [0.05, 0.1) is 19.2 Å². The standard InChI is InChI=1S/C17H19N5/c18-16-15-17(22(12-19-15)14-8-4-5-9-14)20-11-21(16)10-13-6-2-1-3-7-13/h1-3,6-7,11-12,14,18H,4-5,8-10H2. The molecule has 1 aliphatic carbocycles. The molecule has 2 heterocycles. The van der Waals surface area contributed by atoms with E-state index in [-0.39, 0.29) is 0 Å². The van der Waals surface area contributed by atoms with E-state index in [0.29, 0.717) is 23.6 Å². The lowest BCUT2D eigenvalue weighted by Crippen LogP contribution is -2.22. The molecule has 1 aliphatic rings. The molecule has 1 aromatic carbocycles. The van der Waals surface area contributed by atoms with E-state index in [4.69, 9.17) is 5.41 Å². The molecule has 0 aliphatic heterocycles. The van der Waals surface area contributed by atoms with Crippen molar-refractivity contribution < 1.29 is 0 Å². The second kappa shape index (κ2) is 5.40. The monoisotopic (exact) mass is 293 g/mol. The summed E-state index contributed by atoms with van der Waals surface area (Å²) in [5.74, 6) is 0. The fraction of sp³-hybridized carbons (Fsp3) is 0.353. The van der Waals surface area contributed by atoms with Crippen molar-refractivity contribution in [2.75, 3.05) is 0 Å². The molecule has 1 N–H and O–H groups in total. The van der Waals surface area contributed by atoms with E-state index < -0.39 is 0 Å². The number of hydrogen-bond donors (Lipinski definition) is 1. The Kier molecular flexibility index (Phi) is 3.25. The first-order valence-corrected chi connectivity index (χ1v) is 7.83. The molecule has 0 amide bonds. The second-order valence-electron chi connectivity index (χ2n) is 5.97. The molecule has 0 spiro atoms. The molecule has 0 radical (unpaired) electrons. The smallest absolute Gasteiger partial charge is 0.165 e. The quantitative estimate of drug-likeness (QED) is 0.807. The highest BCUT2D eigenvalue weighted by Crippen LogP contribution is 2.30. The van der Waals surface area contributed by atoms with Crippen LogP contribution in [0, 0.1) is 5.41 Å². The van der Waals surface area contributed by atoms with Crippen LogP contribution in [0.15, 0.2) is 43.0 Å². The van der Waals surface area contributed by atoms with Crippen molar-refractivity contribution in [2.24, 2.45) is 0 Å². The van der Waals surface area contributed by atoms with Gasteiger partial charge in [0.25, 0.3) is 0 Å². The van der Waals surface area contributed by atoms with Crippen LogP contribution < -0.4 is 5.49 Å². The third-order valence-corrected chi connectivity index (χ3v) is 4.51. The van der Waals surface area contributed by atoms with Crippen molar-refractivity contribution in [2.45, 2.75) is 38.3 Å². The summed E-state index contributed by atoms with van der Waals surface area (Å²) in [5.41, 5.74) is 3.15. The summed E-state index contributed by atoms with van der Waals surface area (Å²) in [4.78, 5) is 9.04. The average Bonchev–Trinajstić information content (AvgIpc) is 3.20. The van der Waals surface area contributed by atoms with E-state index in [9.17, 15) is 0 Å². The van der Waals surface area contributed by atoms with Crippen LogP contribution in [0.5, 0.6) is 0 Å². The first-order valence-electron chi connectivity index (χ1n) is 7.83. The fourth-order valence-corrected chi connectivity index (χ4v) is 3.32. The molecule has 5 heteroatoms. The third kappa shape index (κ3) is 2.22. The minimum absolute atomic E-state index is 0.436. The van der Waals surface area contributed by atoms with Crippen LogP contribution in [0.4, 0.5) is 0 Å². The molecule has 1 saturated carbocycles. The van der Waals surface area contributed by atoms with Gasteiger partial charge in [-0.25, -0.2) is 9.97 Å². The Morgan fingerprint density at radius 1 is 1.05 bits per heavy atom. The van der Waals surface area contributed by atoms with E-state index in [0.717, 1.165) is 11.2 Å². The first-order chi connectivity index (χ1) is 10.8. The number of imidazole rings is 1. The Morgan fingerprint density at radius 3 is 2.59 bits per heavy atom. The molecule has 0 unspecified atom stereocenters. The van der Waals surface area contributed by atoms with Gasteiger partial charge in [0, 0.05) is 6.04 Å². The van der Waals surface area contributed by atoms with E-state index in [2.05, 4.69) is 26.7 Å². The number of nitrogens with zero attached hydrogens (tertiary/aromatic N) is 4. The second-order valence-corrected chi connectivity index (χ2v) is 5.97. The zero-order valence-electron chi connectivity index (χ0n) is 12.4. The topological polar surface area (TPSA) is 59.5 Å². The van der Waals surface area contributed by atoms with Crippen LogP contribution in [0.25, 0.3) is 11.2 Å². The zero-order chi connectivity index (χ0) is 14.9. The Balaban J connectivity index is 1.73. The molecule has 2 aromatic heterocycles. The number of aromatic nitrogens is 4. The van der Waals surface area contributed by atoms with Crippen molar-refractivity contribution in [3.05, 3.63) is 54.0 Å². The minimum atomic E-state index is 0.436. The SMILES string of the molecule is N=c1c2ncn(C3CCCC3)c2ncn1Cc1ccccc1. The highest BCUT2D eigenvalue weighted by molar-refractivity contribution is 5.68. The van der Waals surface area contributed by atoms with Crippen LogP contribution in [0.2, 0.25) is 0 Å². The summed E-state index contributed by atoms with van der Waals surface area (Å²) >= 11 is 0. The zero-order valence-corrected chi connectivity index (χ0v) is 12.4. The van der Waals surface area contributed by atoms with Crippen molar-refractivity contribution >= 4 is 11.2 Å². The predicted octanol–water partition coefficient (Wildman–Crippen LogP) is 2.88. The molecule has 112 valence electrons. The van der Waals surface area contributed by atoms with Gasteiger partial charge in [-0.05, 0) is 18.4 Å². The Hall–Kier alpha value is -2.43. The van der Waals surface area contributed by atoms with Gasteiger partial charge in [-0.1, -0.05) is 43.2 Å². The Labute approximate surface area is 128 Å². The van der Waals surface area contributed by atoms with Crippen molar-refractivity contribution in [1.82, 2.24) is 19.1 Å². The molecule has 0 atom stereocenters. The maximum Gasteiger partial charge on any atom is 0.165 e. The van der Waals surface area contributed by atoms with Gasteiger partial charge in [0.2, 0.25) is 0 Å². The lowest BCUT2D eigenvalue weighted by atomic mass is 10.2. The van der Waals surface area contributed by atoms with E-state index in [1.807, 2.05) is 29.1 Å². The molecule has 3 aromatic rings. The normalized spacial score (nSPS) is 15.6. The van der Waals surface area contributed by atoms with Gasteiger partial charge in [-0.2, -0.15) is 0 Å². The summed E-state index contributed by atoms with van der Waals surface area (Å²) in [7, 11) is 0. The maximum absolute atomic E-state index is 8.42. The van der Waals surface area contributed by atoms with Crippen molar-refractivity contribution in [3.8, 4) is 0 Å². The lowest BCUT2D eigenvalue weighted by molar-refractivity contribution is 0.528. The van der Waals surface area contributed by atoms with Crippen LogP contribution in [0.1, 0.15) is 37.3 Å². The molecule has 4 rings (SSSR count). The summed E-state index contributed by atoms with van der Waals surface area (Å²) in [6.45, 7) is 0.652. The average molecular weight is 293 g/mol. The largest absolute Gasteiger partial charge is 0.312 e. The van der Waals surface area contributed by atoms with Crippen LogP contribution in [0.3, 0.4) is 0 Å². The lowest BCUT2D eigenvalue weighted by Gasteiger charge is -2.12. The number of nitrogens with one attached hydrogen (secondary N) is 1. The third-order valence-electron chi connectivity index (χ3n) is 4.51. The van der Waals surface area contributed by atoms with Gasteiger partial charge < -0.3 is 9.13 Å². The van der Waals surface area contributed by atoms with E-state index in [1.54, 1.807) is 6.33 Å². The van der Waals surface area contributed by atoms with Crippen molar-refractivity contribution in [3.63, 3.8) is 0 Å². The number of benzene rings is 1. The molecule has 22 heavy (non-hydrogen) atoms. The first kappa shape index (κ1) is 13.2. The highest BCUT2D eigenvalue weighted by Gasteiger charge is 2.20. The summed E-state index contributed by atoms with van der Waals surface area (Å²) in [6.07, 6.45) is 8.57.